The molecule has 3 nitrogen and oxygen atoms in total. The van der Waals surface area contributed by atoms with Gasteiger partial charge in [-0.15, -0.1) is 0 Å². The molecule has 0 amide bonds. The average molecular weight is 234 g/mol. The third-order valence-corrected chi connectivity index (χ3v) is 3.81. The number of methoxy groups -OCH3 is 1. The zero-order chi connectivity index (χ0) is 12.5. The van der Waals surface area contributed by atoms with Crippen LogP contribution in [0.1, 0.15) is 36.8 Å². The van der Waals surface area contributed by atoms with Crippen LogP contribution in [-0.4, -0.2) is 18.2 Å². The predicted octanol–water partition coefficient (Wildman–Crippen LogP) is 2.90. The molecule has 2 rings (SSSR count). The predicted molar refractivity (Wildman–Crippen MR) is 65.5 cm³/mol. The van der Waals surface area contributed by atoms with Crippen molar-refractivity contribution >= 4 is 5.97 Å². The molecule has 0 radical (unpaired) electrons. The second-order valence-corrected chi connectivity index (χ2v) is 4.89. The lowest BCUT2D eigenvalue weighted by Gasteiger charge is -2.42. The standard InChI is InChI=1S/C14H18O3/c1-10-8-11(17-2)4-5-12(10)14(6-3-7-14)9-13(15)16/h4-5,8H,3,6-7,9H2,1-2H3,(H,15,16). The summed E-state index contributed by atoms with van der Waals surface area (Å²) in [5, 5.41) is 9.04. The Kier molecular flexibility index (Phi) is 3.09. The molecule has 0 aromatic heterocycles. The number of aryl methyl sites for hydroxylation is 1. The van der Waals surface area contributed by atoms with E-state index < -0.39 is 5.97 Å². The topological polar surface area (TPSA) is 46.5 Å². The van der Waals surface area contributed by atoms with Gasteiger partial charge in [0.15, 0.2) is 0 Å². The number of hydrogen-bond acceptors (Lipinski definition) is 2. The molecule has 0 aliphatic heterocycles. The number of benzene rings is 1. The van der Waals surface area contributed by atoms with Crippen LogP contribution in [0.4, 0.5) is 0 Å². The van der Waals surface area contributed by atoms with E-state index in [1.54, 1.807) is 7.11 Å². The summed E-state index contributed by atoms with van der Waals surface area (Å²) in [5.41, 5.74) is 2.17. The molecule has 0 saturated heterocycles. The van der Waals surface area contributed by atoms with Crippen LogP contribution in [0.25, 0.3) is 0 Å². The lowest BCUT2D eigenvalue weighted by atomic mass is 9.61. The Balaban J connectivity index is 2.34. The molecule has 0 heterocycles. The van der Waals surface area contributed by atoms with Crippen LogP contribution in [0, 0.1) is 6.92 Å². The van der Waals surface area contributed by atoms with E-state index in [-0.39, 0.29) is 11.8 Å². The number of carbonyl (C=O) groups is 1. The van der Waals surface area contributed by atoms with Gasteiger partial charge in [-0.05, 0) is 43.0 Å². The number of carboxylic acids is 1. The van der Waals surface area contributed by atoms with E-state index >= 15 is 0 Å². The second kappa shape index (κ2) is 4.40. The second-order valence-electron chi connectivity index (χ2n) is 4.89. The van der Waals surface area contributed by atoms with E-state index in [2.05, 4.69) is 0 Å². The molecule has 0 spiro atoms. The van der Waals surface area contributed by atoms with Gasteiger partial charge in [-0.1, -0.05) is 12.5 Å². The van der Waals surface area contributed by atoms with Gasteiger partial charge in [-0.2, -0.15) is 0 Å². The van der Waals surface area contributed by atoms with E-state index in [0.29, 0.717) is 0 Å². The first-order valence-corrected chi connectivity index (χ1v) is 5.94. The summed E-state index contributed by atoms with van der Waals surface area (Å²) < 4.78 is 5.18. The summed E-state index contributed by atoms with van der Waals surface area (Å²) in [6.07, 6.45) is 3.32. The zero-order valence-electron chi connectivity index (χ0n) is 10.3. The van der Waals surface area contributed by atoms with E-state index in [1.165, 1.54) is 5.56 Å². The van der Waals surface area contributed by atoms with Gasteiger partial charge in [0.1, 0.15) is 5.75 Å². The van der Waals surface area contributed by atoms with Gasteiger partial charge in [0.05, 0.1) is 13.5 Å². The number of rotatable bonds is 4. The van der Waals surface area contributed by atoms with Crippen molar-refractivity contribution in [3.63, 3.8) is 0 Å². The summed E-state index contributed by atoms with van der Waals surface area (Å²) in [6.45, 7) is 2.03. The van der Waals surface area contributed by atoms with Gasteiger partial charge >= 0.3 is 5.97 Å². The highest BCUT2D eigenvalue weighted by molar-refractivity contribution is 5.69. The molecule has 1 fully saturated rings. The minimum atomic E-state index is -0.708. The smallest absolute Gasteiger partial charge is 0.304 e. The zero-order valence-corrected chi connectivity index (χ0v) is 10.3. The Morgan fingerprint density at radius 2 is 2.18 bits per heavy atom. The molecule has 0 unspecified atom stereocenters. The first-order chi connectivity index (χ1) is 8.07. The number of hydrogen-bond donors (Lipinski definition) is 1. The molecule has 3 heteroatoms. The van der Waals surface area contributed by atoms with Crippen LogP contribution >= 0.6 is 0 Å². The van der Waals surface area contributed by atoms with Gasteiger partial charge in [0, 0.05) is 5.41 Å². The van der Waals surface area contributed by atoms with Gasteiger partial charge in [0.2, 0.25) is 0 Å². The van der Waals surface area contributed by atoms with E-state index in [0.717, 1.165) is 30.6 Å². The molecule has 0 bridgehead atoms. The Morgan fingerprint density at radius 3 is 2.59 bits per heavy atom. The van der Waals surface area contributed by atoms with Gasteiger partial charge < -0.3 is 9.84 Å². The summed E-state index contributed by atoms with van der Waals surface area (Å²) >= 11 is 0. The third-order valence-electron chi connectivity index (χ3n) is 3.81. The maximum atomic E-state index is 11.0. The molecule has 92 valence electrons. The minimum absolute atomic E-state index is 0.137. The van der Waals surface area contributed by atoms with Crippen molar-refractivity contribution in [3.8, 4) is 5.75 Å². The van der Waals surface area contributed by atoms with Crippen LogP contribution in [0.15, 0.2) is 18.2 Å². The van der Waals surface area contributed by atoms with Crippen LogP contribution in [0.5, 0.6) is 5.75 Å². The van der Waals surface area contributed by atoms with E-state index in [1.807, 2.05) is 25.1 Å². The SMILES string of the molecule is COc1ccc(C2(CC(=O)O)CCC2)c(C)c1. The molecule has 1 aliphatic rings. The molecule has 1 N–H and O–H groups in total. The minimum Gasteiger partial charge on any atom is -0.497 e. The Hall–Kier alpha value is -1.51. The summed E-state index contributed by atoms with van der Waals surface area (Å²) in [7, 11) is 1.64. The monoisotopic (exact) mass is 234 g/mol. The van der Waals surface area contributed by atoms with Crippen LogP contribution in [-0.2, 0) is 10.2 Å². The van der Waals surface area contributed by atoms with Crippen molar-refractivity contribution in [1.29, 1.82) is 0 Å². The average Bonchev–Trinajstić information content (AvgIpc) is 2.23. The molecule has 1 saturated carbocycles. The number of ether oxygens (including phenoxy) is 1. The lowest BCUT2D eigenvalue weighted by Crippen LogP contribution is -2.37. The molecular weight excluding hydrogens is 216 g/mol. The maximum absolute atomic E-state index is 11.0. The van der Waals surface area contributed by atoms with Crippen molar-refractivity contribution < 1.29 is 14.6 Å². The fourth-order valence-corrected chi connectivity index (χ4v) is 2.79. The first-order valence-electron chi connectivity index (χ1n) is 5.94. The molecule has 1 aromatic carbocycles. The van der Waals surface area contributed by atoms with Crippen molar-refractivity contribution in [1.82, 2.24) is 0 Å². The van der Waals surface area contributed by atoms with Gasteiger partial charge in [-0.3, -0.25) is 4.79 Å². The number of aliphatic carboxylic acids is 1. The van der Waals surface area contributed by atoms with Crippen molar-refractivity contribution in [2.75, 3.05) is 7.11 Å². The van der Waals surface area contributed by atoms with Crippen LogP contribution < -0.4 is 4.74 Å². The molecule has 1 aliphatic carbocycles. The fraction of sp³-hybridized carbons (Fsp3) is 0.500. The third kappa shape index (κ3) is 2.14. The van der Waals surface area contributed by atoms with Crippen molar-refractivity contribution in [2.45, 2.75) is 38.0 Å². The van der Waals surface area contributed by atoms with Crippen LogP contribution in [0.2, 0.25) is 0 Å². The summed E-state index contributed by atoms with van der Waals surface area (Å²) in [5.74, 6) is 0.121. The largest absolute Gasteiger partial charge is 0.497 e. The quantitative estimate of drug-likeness (QED) is 0.871. The highest BCUT2D eigenvalue weighted by atomic mass is 16.5. The van der Waals surface area contributed by atoms with E-state index in [4.69, 9.17) is 9.84 Å². The molecule has 17 heavy (non-hydrogen) atoms. The molecule has 0 atom stereocenters. The molecular formula is C14H18O3. The lowest BCUT2D eigenvalue weighted by molar-refractivity contribution is -0.139. The summed E-state index contributed by atoms with van der Waals surface area (Å²) in [6, 6.07) is 5.93. The van der Waals surface area contributed by atoms with Gasteiger partial charge in [-0.25, -0.2) is 0 Å². The van der Waals surface area contributed by atoms with Crippen molar-refractivity contribution in [3.05, 3.63) is 29.3 Å². The Bertz CT molecular complexity index is 433. The van der Waals surface area contributed by atoms with E-state index in [9.17, 15) is 4.79 Å². The highest BCUT2D eigenvalue weighted by Gasteiger charge is 2.41. The summed E-state index contributed by atoms with van der Waals surface area (Å²) in [4.78, 5) is 11.0. The Labute approximate surface area is 101 Å². The number of carboxylic acid groups (broad SMARTS) is 1. The van der Waals surface area contributed by atoms with Gasteiger partial charge in [0.25, 0.3) is 0 Å². The fourth-order valence-electron chi connectivity index (χ4n) is 2.79. The Morgan fingerprint density at radius 1 is 1.47 bits per heavy atom. The van der Waals surface area contributed by atoms with Crippen LogP contribution in [0.3, 0.4) is 0 Å². The maximum Gasteiger partial charge on any atom is 0.304 e. The first kappa shape index (κ1) is 12.0. The highest BCUT2D eigenvalue weighted by Crippen LogP contribution is 2.47. The molecule has 1 aromatic rings. The normalized spacial score (nSPS) is 17.3. The van der Waals surface area contributed by atoms with Crippen molar-refractivity contribution in [2.24, 2.45) is 0 Å².